The van der Waals surface area contributed by atoms with Gasteiger partial charge in [-0.1, -0.05) is 19.9 Å². The lowest BCUT2D eigenvalue weighted by Crippen LogP contribution is -2.29. The maximum absolute atomic E-state index is 11.5. The Morgan fingerprint density at radius 1 is 1.40 bits per heavy atom. The van der Waals surface area contributed by atoms with E-state index in [1.807, 2.05) is 24.4 Å². The Balaban J connectivity index is 1.95. The maximum atomic E-state index is 11.5. The van der Waals surface area contributed by atoms with Gasteiger partial charge in [0.05, 0.1) is 17.2 Å². The van der Waals surface area contributed by atoms with E-state index in [9.17, 15) is 8.42 Å². The second-order valence-corrected chi connectivity index (χ2v) is 8.34. The lowest BCUT2D eigenvalue weighted by atomic mass is 9.99. The van der Waals surface area contributed by atoms with Crippen LogP contribution >= 0.6 is 0 Å². The lowest BCUT2D eigenvalue weighted by molar-refractivity contribution is 0.392. The van der Waals surface area contributed by atoms with Crippen LogP contribution in [0.15, 0.2) is 24.4 Å². The van der Waals surface area contributed by atoms with Crippen molar-refractivity contribution in [2.45, 2.75) is 32.7 Å². The molecule has 5 heteroatoms. The fourth-order valence-electron chi connectivity index (χ4n) is 2.70. The molecule has 0 aromatic carbocycles. The Morgan fingerprint density at radius 2 is 2.20 bits per heavy atom. The topological polar surface area (TPSA) is 59.1 Å². The van der Waals surface area contributed by atoms with E-state index in [1.165, 1.54) is 0 Å². The molecule has 0 amide bonds. The van der Waals surface area contributed by atoms with E-state index >= 15 is 0 Å². The largest absolute Gasteiger partial charge is 0.308 e. The third-order valence-electron chi connectivity index (χ3n) is 3.73. The minimum absolute atomic E-state index is 0.208. The molecule has 20 heavy (non-hydrogen) atoms. The van der Waals surface area contributed by atoms with Crippen molar-refractivity contribution in [1.29, 1.82) is 0 Å². The Labute approximate surface area is 121 Å². The zero-order valence-electron chi connectivity index (χ0n) is 12.2. The van der Waals surface area contributed by atoms with Gasteiger partial charge >= 0.3 is 0 Å². The van der Waals surface area contributed by atoms with Gasteiger partial charge in [-0.15, -0.1) is 0 Å². The lowest BCUT2D eigenvalue weighted by Gasteiger charge is -2.22. The van der Waals surface area contributed by atoms with Crippen molar-refractivity contribution in [3.63, 3.8) is 0 Å². The van der Waals surface area contributed by atoms with Crippen molar-refractivity contribution in [3.8, 4) is 0 Å². The highest BCUT2D eigenvalue weighted by atomic mass is 32.2. The molecular weight excluding hydrogens is 272 g/mol. The summed E-state index contributed by atoms with van der Waals surface area (Å²) in [6, 6.07) is 6.15. The fraction of sp³-hybridized carbons (Fsp3) is 0.667. The van der Waals surface area contributed by atoms with E-state index < -0.39 is 9.84 Å². The van der Waals surface area contributed by atoms with Gasteiger partial charge in [-0.2, -0.15) is 0 Å². The van der Waals surface area contributed by atoms with Crippen LogP contribution < -0.4 is 5.32 Å². The standard InChI is InChI=1S/C15H24N2O2S/c1-12(2)9-15(14-5-3-4-7-16-14)17-10-13-6-8-20(18,19)11-13/h3-5,7,12-13,15,17H,6,8-11H2,1-2H3/t13-,15+/m1/s1. The monoisotopic (exact) mass is 296 g/mol. The van der Waals surface area contributed by atoms with Gasteiger partial charge in [-0.25, -0.2) is 8.42 Å². The average molecular weight is 296 g/mol. The van der Waals surface area contributed by atoms with Gasteiger partial charge in [0, 0.05) is 12.2 Å². The molecule has 4 nitrogen and oxygen atoms in total. The number of hydrogen-bond acceptors (Lipinski definition) is 4. The van der Waals surface area contributed by atoms with Crippen LogP contribution in [0.5, 0.6) is 0 Å². The van der Waals surface area contributed by atoms with Crippen LogP contribution in [-0.2, 0) is 9.84 Å². The molecule has 0 saturated carbocycles. The highest BCUT2D eigenvalue weighted by Crippen LogP contribution is 2.22. The number of sulfone groups is 1. The van der Waals surface area contributed by atoms with Gasteiger partial charge in [0.1, 0.15) is 0 Å². The molecular formula is C15H24N2O2S. The van der Waals surface area contributed by atoms with Gasteiger partial charge in [0.2, 0.25) is 0 Å². The van der Waals surface area contributed by atoms with Gasteiger partial charge in [-0.3, -0.25) is 4.98 Å². The molecule has 1 N–H and O–H groups in total. The number of aromatic nitrogens is 1. The molecule has 0 bridgehead atoms. The van der Waals surface area contributed by atoms with E-state index in [0.29, 0.717) is 17.4 Å². The zero-order valence-corrected chi connectivity index (χ0v) is 13.1. The molecule has 1 aliphatic rings. The number of pyridine rings is 1. The SMILES string of the molecule is CC(C)C[C@H](NC[C@H]1CCS(=O)(=O)C1)c1ccccn1. The Hall–Kier alpha value is -0.940. The zero-order chi connectivity index (χ0) is 14.6. The summed E-state index contributed by atoms with van der Waals surface area (Å²) in [7, 11) is -2.79. The highest BCUT2D eigenvalue weighted by Gasteiger charge is 2.28. The molecule has 1 aliphatic heterocycles. The molecule has 0 radical (unpaired) electrons. The van der Waals surface area contributed by atoms with Crippen molar-refractivity contribution in [1.82, 2.24) is 10.3 Å². The summed E-state index contributed by atoms with van der Waals surface area (Å²) in [5.74, 6) is 1.49. The molecule has 1 fully saturated rings. The van der Waals surface area contributed by atoms with Crippen LogP contribution in [0.2, 0.25) is 0 Å². The first kappa shape index (κ1) is 15.4. The molecule has 2 rings (SSSR count). The molecule has 1 aromatic heterocycles. The van der Waals surface area contributed by atoms with Crippen molar-refractivity contribution >= 4 is 9.84 Å². The Bertz CT molecular complexity index is 514. The van der Waals surface area contributed by atoms with Crippen LogP contribution in [0.4, 0.5) is 0 Å². The van der Waals surface area contributed by atoms with Crippen LogP contribution in [-0.4, -0.2) is 31.5 Å². The van der Waals surface area contributed by atoms with Crippen molar-refractivity contribution in [2.75, 3.05) is 18.1 Å². The first-order valence-electron chi connectivity index (χ1n) is 7.31. The van der Waals surface area contributed by atoms with E-state index in [4.69, 9.17) is 0 Å². The summed E-state index contributed by atoms with van der Waals surface area (Å²) in [5.41, 5.74) is 1.04. The molecule has 2 heterocycles. The van der Waals surface area contributed by atoms with Crippen molar-refractivity contribution in [3.05, 3.63) is 30.1 Å². The van der Waals surface area contributed by atoms with Crippen molar-refractivity contribution < 1.29 is 8.42 Å². The molecule has 2 atom stereocenters. The molecule has 112 valence electrons. The summed E-state index contributed by atoms with van der Waals surface area (Å²) < 4.78 is 23.0. The fourth-order valence-corrected chi connectivity index (χ4v) is 4.57. The van der Waals surface area contributed by atoms with E-state index in [-0.39, 0.29) is 12.0 Å². The average Bonchev–Trinajstić information content (AvgIpc) is 2.75. The second-order valence-electron chi connectivity index (χ2n) is 6.11. The second kappa shape index (κ2) is 6.68. The predicted octanol–water partition coefficient (Wildman–Crippen LogP) is 2.19. The third-order valence-corrected chi connectivity index (χ3v) is 5.57. The van der Waals surface area contributed by atoms with Gasteiger partial charge in [-0.05, 0) is 43.4 Å². The number of nitrogens with zero attached hydrogens (tertiary/aromatic N) is 1. The Morgan fingerprint density at radius 3 is 2.75 bits per heavy atom. The number of hydrogen-bond donors (Lipinski definition) is 1. The smallest absolute Gasteiger partial charge is 0.150 e. The molecule has 0 unspecified atom stereocenters. The predicted molar refractivity (Wildman–Crippen MR) is 81.2 cm³/mol. The minimum Gasteiger partial charge on any atom is -0.308 e. The van der Waals surface area contributed by atoms with E-state index in [1.54, 1.807) is 0 Å². The highest BCUT2D eigenvalue weighted by molar-refractivity contribution is 7.91. The first-order valence-corrected chi connectivity index (χ1v) is 9.13. The van der Waals surface area contributed by atoms with Gasteiger partial charge in [0.15, 0.2) is 9.84 Å². The summed E-state index contributed by atoms with van der Waals surface area (Å²) in [5, 5.41) is 3.52. The first-order chi connectivity index (χ1) is 9.46. The van der Waals surface area contributed by atoms with Gasteiger partial charge in [0.25, 0.3) is 0 Å². The summed E-state index contributed by atoms with van der Waals surface area (Å²) in [4.78, 5) is 4.43. The summed E-state index contributed by atoms with van der Waals surface area (Å²) >= 11 is 0. The van der Waals surface area contributed by atoms with Crippen molar-refractivity contribution in [2.24, 2.45) is 11.8 Å². The normalized spacial score (nSPS) is 23.1. The summed E-state index contributed by atoms with van der Waals surface area (Å²) in [6.07, 6.45) is 3.60. The number of nitrogens with one attached hydrogen (secondary N) is 1. The van der Waals surface area contributed by atoms with E-state index in [2.05, 4.69) is 24.1 Å². The quantitative estimate of drug-likeness (QED) is 0.874. The van der Waals surface area contributed by atoms with Crippen LogP contribution in [0, 0.1) is 11.8 Å². The molecule has 0 aliphatic carbocycles. The summed E-state index contributed by atoms with van der Waals surface area (Å²) in [6.45, 7) is 5.14. The van der Waals surface area contributed by atoms with E-state index in [0.717, 1.165) is 25.1 Å². The molecule has 0 spiro atoms. The number of rotatable bonds is 6. The third kappa shape index (κ3) is 4.56. The molecule has 1 aromatic rings. The molecule has 1 saturated heterocycles. The minimum atomic E-state index is -2.79. The Kier molecular flexibility index (Phi) is 5.16. The van der Waals surface area contributed by atoms with Crippen LogP contribution in [0.1, 0.15) is 38.4 Å². The van der Waals surface area contributed by atoms with Crippen LogP contribution in [0.3, 0.4) is 0 Å². The maximum Gasteiger partial charge on any atom is 0.150 e. The van der Waals surface area contributed by atoms with Gasteiger partial charge < -0.3 is 5.32 Å². The van der Waals surface area contributed by atoms with Crippen LogP contribution in [0.25, 0.3) is 0 Å².